The third-order valence-electron chi connectivity index (χ3n) is 4.21. The van der Waals surface area contributed by atoms with E-state index < -0.39 is 10.0 Å². The van der Waals surface area contributed by atoms with Crippen LogP contribution in [-0.4, -0.2) is 52.5 Å². The van der Waals surface area contributed by atoms with E-state index in [-0.39, 0.29) is 4.90 Å². The number of rotatable bonds is 4. The molecule has 0 atom stereocenters. The molecule has 1 saturated heterocycles. The fourth-order valence-corrected chi connectivity index (χ4v) is 6.22. The lowest BCUT2D eigenvalue weighted by molar-refractivity contribution is 0.183. The molecule has 0 spiro atoms. The molecule has 0 aliphatic carbocycles. The number of halogens is 1. The maximum absolute atomic E-state index is 13.0. The molecular formula is C15H15ClN4O2S3. The molecule has 25 heavy (non-hydrogen) atoms. The number of benzene rings is 1. The zero-order valence-corrected chi connectivity index (χ0v) is 16.3. The van der Waals surface area contributed by atoms with Gasteiger partial charge in [0, 0.05) is 37.6 Å². The van der Waals surface area contributed by atoms with Gasteiger partial charge in [-0.1, -0.05) is 17.7 Å². The van der Waals surface area contributed by atoms with Gasteiger partial charge in [-0.25, -0.2) is 8.42 Å². The van der Waals surface area contributed by atoms with Crippen molar-refractivity contribution >= 4 is 55.7 Å². The van der Waals surface area contributed by atoms with Gasteiger partial charge in [-0.3, -0.25) is 4.90 Å². The zero-order chi connectivity index (χ0) is 17.4. The van der Waals surface area contributed by atoms with Crippen LogP contribution in [0.15, 0.2) is 35.2 Å². The number of thiophene rings is 1. The molecule has 1 fully saturated rings. The Morgan fingerprint density at radius 3 is 2.60 bits per heavy atom. The van der Waals surface area contributed by atoms with Crippen molar-refractivity contribution in [2.24, 2.45) is 0 Å². The number of piperazine rings is 1. The van der Waals surface area contributed by atoms with Crippen LogP contribution in [0.5, 0.6) is 0 Å². The normalized spacial score (nSPS) is 17.3. The van der Waals surface area contributed by atoms with E-state index in [0.717, 1.165) is 22.6 Å². The summed E-state index contributed by atoms with van der Waals surface area (Å²) < 4.78 is 36.6. The predicted octanol–water partition coefficient (Wildman–Crippen LogP) is 2.91. The summed E-state index contributed by atoms with van der Waals surface area (Å²) in [6.45, 7) is 3.13. The number of fused-ring (bicyclic) bond motifs is 1. The Balaban J connectivity index is 1.49. The first kappa shape index (κ1) is 17.3. The Hall–Kier alpha value is -1.10. The maximum atomic E-state index is 13.0. The van der Waals surface area contributed by atoms with E-state index in [4.69, 9.17) is 11.6 Å². The highest BCUT2D eigenvalue weighted by atomic mass is 35.5. The minimum absolute atomic E-state index is 0.247. The van der Waals surface area contributed by atoms with Crippen molar-refractivity contribution in [1.29, 1.82) is 0 Å². The zero-order valence-electron chi connectivity index (χ0n) is 13.1. The Morgan fingerprint density at radius 2 is 1.88 bits per heavy atom. The molecule has 10 heteroatoms. The summed E-state index contributed by atoms with van der Waals surface area (Å²) in [5.74, 6) is 0. The number of sulfonamides is 1. The van der Waals surface area contributed by atoms with E-state index in [2.05, 4.69) is 13.6 Å². The van der Waals surface area contributed by atoms with Crippen molar-refractivity contribution in [1.82, 2.24) is 18.0 Å². The van der Waals surface area contributed by atoms with Gasteiger partial charge < -0.3 is 0 Å². The van der Waals surface area contributed by atoms with E-state index in [9.17, 15) is 8.42 Å². The van der Waals surface area contributed by atoms with Crippen molar-refractivity contribution < 1.29 is 8.42 Å². The number of hydrogen-bond acceptors (Lipinski definition) is 7. The van der Waals surface area contributed by atoms with Gasteiger partial charge in [-0.15, -0.1) is 11.3 Å². The lowest BCUT2D eigenvalue weighted by Gasteiger charge is -2.33. The summed E-state index contributed by atoms with van der Waals surface area (Å²) in [6.07, 6.45) is 0. The molecule has 1 aliphatic rings. The second kappa shape index (κ2) is 6.90. The van der Waals surface area contributed by atoms with Gasteiger partial charge in [0.1, 0.15) is 15.9 Å². The molecular weight excluding hydrogens is 400 g/mol. The van der Waals surface area contributed by atoms with E-state index in [1.165, 1.54) is 4.88 Å². The lowest BCUT2D eigenvalue weighted by atomic mass is 10.3. The molecule has 0 bridgehead atoms. The summed E-state index contributed by atoms with van der Waals surface area (Å²) in [5, 5.41) is 0. The molecule has 1 aromatic carbocycles. The van der Waals surface area contributed by atoms with Crippen LogP contribution >= 0.6 is 34.7 Å². The first-order chi connectivity index (χ1) is 12.0. The Morgan fingerprint density at radius 1 is 1.08 bits per heavy atom. The second-order valence-corrected chi connectivity index (χ2v) is 10.0. The third kappa shape index (κ3) is 3.44. The van der Waals surface area contributed by atoms with Gasteiger partial charge in [0.25, 0.3) is 0 Å². The number of aromatic nitrogens is 2. The van der Waals surface area contributed by atoms with Crippen LogP contribution in [0.25, 0.3) is 11.0 Å². The van der Waals surface area contributed by atoms with Crippen LogP contribution in [0, 0.1) is 0 Å². The Kier molecular flexibility index (Phi) is 4.78. The topological polar surface area (TPSA) is 66.4 Å². The van der Waals surface area contributed by atoms with Gasteiger partial charge in [-0.2, -0.15) is 13.1 Å². The number of nitrogens with zero attached hydrogens (tertiary/aromatic N) is 4. The quantitative estimate of drug-likeness (QED) is 0.656. The lowest BCUT2D eigenvalue weighted by Crippen LogP contribution is -2.48. The summed E-state index contributed by atoms with van der Waals surface area (Å²) in [6, 6.07) is 9.02. The molecule has 0 N–H and O–H groups in total. The largest absolute Gasteiger partial charge is 0.296 e. The van der Waals surface area contributed by atoms with Crippen molar-refractivity contribution in [2.75, 3.05) is 26.2 Å². The van der Waals surface area contributed by atoms with Crippen molar-refractivity contribution in [3.8, 4) is 0 Å². The van der Waals surface area contributed by atoms with Crippen LogP contribution < -0.4 is 0 Å². The van der Waals surface area contributed by atoms with Gasteiger partial charge in [-0.05, 0) is 24.3 Å². The molecule has 0 radical (unpaired) electrons. The summed E-state index contributed by atoms with van der Waals surface area (Å²) >= 11 is 8.57. The molecule has 0 amide bonds. The standard InChI is InChI=1S/C15H15ClN4O2S3/c16-14-5-4-11(23-14)10-19-6-8-20(9-7-19)25(21,22)13-3-1-2-12-15(13)18-24-17-12/h1-5H,6-10H2. The van der Waals surface area contributed by atoms with Crippen LogP contribution in [0.2, 0.25) is 4.34 Å². The van der Waals surface area contributed by atoms with Gasteiger partial charge in [0.2, 0.25) is 10.0 Å². The van der Waals surface area contributed by atoms with Crippen LogP contribution in [0.4, 0.5) is 0 Å². The fourth-order valence-electron chi connectivity index (χ4n) is 2.91. The first-order valence-corrected chi connectivity index (χ1v) is 11.1. The molecule has 4 rings (SSSR count). The number of hydrogen-bond donors (Lipinski definition) is 0. The van der Waals surface area contributed by atoms with Crippen molar-refractivity contribution in [2.45, 2.75) is 11.4 Å². The SMILES string of the molecule is O=S(=O)(c1cccc2nsnc12)N1CCN(Cc2ccc(Cl)s2)CC1. The predicted molar refractivity (Wildman–Crippen MR) is 101 cm³/mol. The van der Waals surface area contributed by atoms with Gasteiger partial charge >= 0.3 is 0 Å². The molecule has 6 nitrogen and oxygen atoms in total. The third-order valence-corrected chi connectivity index (χ3v) is 7.90. The van der Waals surface area contributed by atoms with Crippen LogP contribution in [-0.2, 0) is 16.6 Å². The smallest absolute Gasteiger partial charge is 0.245 e. The molecule has 0 unspecified atom stereocenters. The molecule has 1 aliphatic heterocycles. The maximum Gasteiger partial charge on any atom is 0.245 e. The molecule has 132 valence electrons. The summed E-state index contributed by atoms with van der Waals surface area (Å²) in [5.41, 5.74) is 1.09. The van der Waals surface area contributed by atoms with Crippen LogP contribution in [0.3, 0.4) is 0 Å². The van der Waals surface area contributed by atoms with E-state index >= 15 is 0 Å². The molecule has 2 aromatic heterocycles. The average molecular weight is 415 g/mol. The van der Waals surface area contributed by atoms with Gasteiger partial charge in [0.15, 0.2) is 0 Å². The molecule has 3 heterocycles. The second-order valence-electron chi connectivity index (χ2n) is 5.77. The highest BCUT2D eigenvalue weighted by molar-refractivity contribution is 7.89. The van der Waals surface area contributed by atoms with Crippen LogP contribution in [0.1, 0.15) is 4.88 Å². The van der Waals surface area contributed by atoms with E-state index in [1.54, 1.807) is 33.8 Å². The van der Waals surface area contributed by atoms with Crippen molar-refractivity contribution in [3.63, 3.8) is 0 Å². The van der Waals surface area contributed by atoms with Crippen molar-refractivity contribution in [3.05, 3.63) is 39.5 Å². The monoisotopic (exact) mass is 414 g/mol. The minimum Gasteiger partial charge on any atom is -0.296 e. The first-order valence-electron chi connectivity index (χ1n) is 7.72. The van der Waals surface area contributed by atoms with E-state index in [1.807, 2.05) is 12.1 Å². The molecule has 3 aromatic rings. The summed E-state index contributed by atoms with van der Waals surface area (Å²) in [7, 11) is -3.56. The fraction of sp³-hybridized carbons (Fsp3) is 0.333. The highest BCUT2D eigenvalue weighted by Gasteiger charge is 2.30. The highest BCUT2D eigenvalue weighted by Crippen LogP contribution is 2.26. The minimum atomic E-state index is -3.56. The van der Waals surface area contributed by atoms with E-state index in [0.29, 0.717) is 37.2 Å². The Labute approximate surface area is 159 Å². The summed E-state index contributed by atoms with van der Waals surface area (Å²) in [4.78, 5) is 3.69. The van der Waals surface area contributed by atoms with Gasteiger partial charge in [0.05, 0.1) is 16.1 Å². The average Bonchev–Trinajstić information content (AvgIpc) is 3.23. The molecule has 0 saturated carbocycles. The Bertz CT molecular complexity index is 993.